The van der Waals surface area contributed by atoms with Gasteiger partial charge in [-0.25, -0.2) is 22.2 Å². The topological polar surface area (TPSA) is 95.3 Å². The predicted molar refractivity (Wildman–Crippen MR) is 120 cm³/mol. The maximum absolute atomic E-state index is 13.6. The Morgan fingerprint density at radius 3 is 2.73 bits per heavy atom. The number of nitrogens with zero attached hydrogens (tertiary/aromatic N) is 3. The molecule has 0 radical (unpaired) electrons. The Kier molecular flexibility index (Phi) is 6.54. The van der Waals surface area contributed by atoms with Gasteiger partial charge in [-0.05, 0) is 36.4 Å². The Labute approximate surface area is 198 Å². The van der Waals surface area contributed by atoms with E-state index in [4.69, 9.17) is 16.3 Å². The fraction of sp³-hybridized carbons (Fsp3) is 0.238. The van der Waals surface area contributed by atoms with Gasteiger partial charge in [-0.3, -0.25) is 9.62 Å². The van der Waals surface area contributed by atoms with Crippen molar-refractivity contribution in [1.29, 1.82) is 5.26 Å². The SMILES string of the molecule is N#Cc1cc(S(=O)(=O)Nc2nccs2)ccc1Oc1ccc(Cl)cc1CN1CCC(F)(F)C1. The molecule has 33 heavy (non-hydrogen) atoms. The molecule has 2 aromatic carbocycles. The lowest BCUT2D eigenvalue weighted by atomic mass is 10.1. The van der Waals surface area contributed by atoms with Crippen molar-refractivity contribution in [2.45, 2.75) is 23.8 Å². The number of nitrogens with one attached hydrogen (secondary N) is 1. The quantitative estimate of drug-likeness (QED) is 0.475. The molecule has 172 valence electrons. The Balaban J connectivity index is 1.59. The monoisotopic (exact) mass is 510 g/mol. The van der Waals surface area contributed by atoms with Crippen LogP contribution in [0.1, 0.15) is 17.5 Å². The summed E-state index contributed by atoms with van der Waals surface area (Å²) in [6.07, 6.45) is 1.25. The molecule has 1 aliphatic heterocycles. The number of hydrogen-bond donors (Lipinski definition) is 1. The highest BCUT2D eigenvalue weighted by Gasteiger charge is 2.38. The molecule has 1 aliphatic rings. The molecular weight excluding hydrogens is 494 g/mol. The summed E-state index contributed by atoms with van der Waals surface area (Å²) < 4.78 is 60.6. The first-order valence-electron chi connectivity index (χ1n) is 9.68. The van der Waals surface area contributed by atoms with Crippen molar-refractivity contribution in [2.75, 3.05) is 17.8 Å². The molecule has 2 heterocycles. The molecule has 7 nitrogen and oxygen atoms in total. The Hall–Kier alpha value is -2.78. The smallest absolute Gasteiger partial charge is 0.263 e. The molecular formula is C21H17ClF2N4O3S2. The molecule has 1 aromatic heterocycles. The minimum absolute atomic E-state index is 0.00869. The molecule has 0 saturated carbocycles. The van der Waals surface area contributed by atoms with Crippen LogP contribution in [0.25, 0.3) is 0 Å². The number of alkyl halides is 2. The Bertz CT molecular complexity index is 1310. The number of anilines is 1. The van der Waals surface area contributed by atoms with Crippen LogP contribution in [0, 0.1) is 11.3 Å². The highest BCUT2D eigenvalue weighted by molar-refractivity contribution is 7.93. The van der Waals surface area contributed by atoms with E-state index in [1.54, 1.807) is 28.5 Å². The van der Waals surface area contributed by atoms with E-state index in [1.165, 1.54) is 24.4 Å². The van der Waals surface area contributed by atoms with E-state index in [9.17, 15) is 22.5 Å². The van der Waals surface area contributed by atoms with E-state index < -0.39 is 15.9 Å². The highest BCUT2D eigenvalue weighted by atomic mass is 35.5. The third kappa shape index (κ3) is 5.59. The molecule has 0 atom stereocenters. The third-order valence-corrected chi connectivity index (χ3v) is 7.31. The minimum Gasteiger partial charge on any atom is -0.456 e. The number of ether oxygens (including phenoxy) is 1. The van der Waals surface area contributed by atoms with E-state index in [1.807, 2.05) is 6.07 Å². The molecule has 0 amide bonds. The maximum atomic E-state index is 13.6. The van der Waals surface area contributed by atoms with Gasteiger partial charge in [-0.2, -0.15) is 5.26 Å². The van der Waals surface area contributed by atoms with Gasteiger partial charge in [0.1, 0.15) is 17.6 Å². The molecule has 0 aliphatic carbocycles. The molecule has 0 unspecified atom stereocenters. The van der Waals surface area contributed by atoms with E-state index in [0.717, 1.165) is 11.3 Å². The Morgan fingerprint density at radius 1 is 1.27 bits per heavy atom. The van der Waals surface area contributed by atoms with Crippen LogP contribution in [0.3, 0.4) is 0 Å². The summed E-state index contributed by atoms with van der Waals surface area (Å²) in [4.78, 5) is 5.36. The predicted octanol–water partition coefficient (Wildman–Crippen LogP) is 5.10. The van der Waals surface area contributed by atoms with Gasteiger partial charge in [0, 0.05) is 41.7 Å². The summed E-state index contributed by atoms with van der Waals surface area (Å²) in [7, 11) is -3.95. The number of halogens is 3. The van der Waals surface area contributed by atoms with Gasteiger partial charge in [0.05, 0.1) is 17.0 Å². The van der Waals surface area contributed by atoms with Gasteiger partial charge in [0.25, 0.3) is 15.9 Å². The normalized spacial score (nSPS) is 15.8. The second-order valence-electron chi connectivity index (χ2n) is 7.38. The van der Waals surface area contributed by atoms with Crippen LogP contribution in [0.15, 0.2) is 52.9 Å². The van der Waals surface area contributed by atoms with Crippen molar-refractivity contribution in [3.8, 4) is 17.6 Å². The number of hydrogen-bond acceptors (Lipinski definition) is 7. The maximum Gasteiger partial charge on any atom is 0.263 e. The summed E-state index contributed by atoms with van der Waals surface area (Å²) in [6, 6.07) is 10.6. The van der Waals surface area contributed by atoms with Crippen molar-refractivity contribution >= 4 is 38.1 Å². The average molecular weight is 511 g/mol. The van der Waals surface area contributed by atoms with E-state index in [2.05, 4.69) is 9.71 Å². The molecule has 12 heteroatoms. The number of sulfonamides is 1. The first kappa shape index (κ1) is 23.4. The summed E-state index contributed by atoms with van der Waals surface area (Å²) in [5, 5.41) is 11.8. The van der Waals surface area contributed by atoms with Crippen molar-refractivity contribution in [1.82, 2.24) is 9.88 Å². The van der Waals surface area contributed by atoms with Crippen molar-refractivity contribution in [3.63, 3.8) is 0 Å². The van der Waals surface area contributed by atoms with Crippen LogP contribution < -0.4 is 9.46 Å². The lowest BCUT2D eigenvalue weighted by molar-refractivity contribution is 0.0114. The Morgan fingerprint density at radius 2 is 2.06 bits per heavy atom. The van der Waals surface area contributed by atoms with Gasteiger partial charge in [0.15, 0.2) is 5.13 Å². The number of aromatic nitrogens is 1. The van der Waals surface area contributed by atoms with Crippen molar-refractivity contribution in [2.24, 2.45) is 0 Å². The van der Waals surface area contributed by atoms with E-state index in [0.29, 0.717) is 16.3 Å². The van der Waals surface area contributed by atoms with Crippen molar-refractivity contribution < 1.29 is 21.9 Å². The summed E-state index contributed by atoms with van der Waals surface area (Å²) in [6.45, 7) is 0.0691. The third-order valence-electron chi connectivity index (χ3n) is 4.92. The lowest BCUT2D eigenvalue weighted by Crippen LogP contribution is -2.25. The number of nitriles is 1. The fourth-order valence-electron chi connectivity index (χ4n) is 3.37. The molecule has 4 rings (SSSR count). The van der Waals surface area contributed by atoms with Gasteiger partial charge >= 0.3 is 0 Å². The highest BCUT2D eigenvalue weighted by Crippen LogP contribution is 2.34. The largest absolute Gasteiger partial charge is 0.456 e. The standard InChI is InChI=1S/C21H17ClF2N4O3S2/c22-16-1-3-19(15(9-16)12-28-7-5-21(23,24)13-28)31-18-4-2-17(10-14(18)11-25)33(29,30)27-20-26-6-8-32-20/h1-4,6,8-10H,5,7,12-13H2,(H,26,27). The van der Waals surface area contributed by atoms with E-state index in [-0.39, 0.29) is 47.4 Å². The molecule has 0 spiro atoms. The lowest BCUT2D eigenvalue weighted by Gasteiger charge is -2.19. The van der Waals surface area contributed by atoms with Gasteiger partial charge < -0.3 is 4.74 Å². The minimum atomic E-state index is -3.95. The zero-order valence-corrected chi connectivity index (χ0v) is 19.4. The zero-order chi connectivity index (χ0) is 23.6. The van der Waals surface area contributed by atoms with E-state index >= 15 is 0 Å². The number of thiazole rings is 1. The van der Waals surface area contributed by atoms with Crippen LogP contribution in [0.5, 0.6) is 11.5 Å². The van der Waals surface area contributed by atoms with Crippen molar-refractivity contribution in [3.05, 3.63) is 64.1 Å². The fourth-order valence-corrected chi connectivity index (χ4v) is 5.38. The summed E-state index contributed by atoms with van der Waals surface area (Å²) >= 11 is 7.22. The summed E-state index contributed by atoms with van der Waals surface area (Å²) in [5.41, 5.74) is 0.567. The second-order valence-corrected chi connectivity index (χ2v) is 10.4. The average Bonchev–Trinajstić information content (AvgIpc) is 3.38. The summed E-state index contributed by atoms with van der Waals surface area (Å²) in [5.74, 6) is -2.27. The zero-order valence-electron chi connectivity index (χ0n) is 17.0. The van der Waals surface area contributed by atoms with Crippen LogP contribution in [-0.4, -0.2) is 37.3 Å². The van der Waals surface area contributed by atoms with Gasteiger partial charge in [-0.15, -0.1) is 11.3 Å². The van der Waals surface area contributed by atoms with Gasteiger partial charge in [0.2, 0.25) is 0 Å². The molecule has 3 aromatic rings. The van der Waals surface area contributed by atoms with Crippen LogP contribution >= 0.6 is 22.9 Å². The number of benzene rings is 2. The first-order chi connectivity index (χ1) is 15.6. The number of likely N-dealkylation sites (tertiary alicyclic amines) is 1. The molecule has 1 fully saturated rings. The molecule has 1 saturated heterocycles. The first-order valence-corrected chi connectivity index (χ1v) is 12.4. The molecule has 1 N–H and O–H groups in total. The number of rotatable bonds is 7. The van der Waals surface area contributed by atoms with Crippen LogP contribution in [0.4, 0.5) is 13.9 Å². The van der Waals surface area contributed by atoms with Crippen LogP contribution in [0.2, 0.25) is 5.02 Å². The van der Waals surface area contributed by atoms with Crippen LogP contribution in [-0.2, 0) is 16.6 Å². The second kappa shape index (κ2) is 9.23. The molecule has 0 bridgehead atoms. The van der Waals surface area contributed by atoms with Gasteiger partial charge in [-0.1, -0.05) is 11.6 Å².